The Kier molecular flexibility index (Phi) is 3.01. The minimum absolute atomic E-state index is 0.155. The first kappa shape index (κ1) is 9.71. The van der Waals surface area contributed by atoms with Crippen LogP contribution >= 0.6 is 0 Å². The van der Waals surface area contributed by atoms with Crippen molar-refractivity contribution in [1.82, 2.24) is 0 Å². The number of carbonyl (C=O) groups excluding carboxylic acids is 1. The minimum Gasteiger partial charge on any atom is -0.399 e. The first-order valence-corrected chi connectivity index (χ1v) is 4.12. The van der Waals surface area contributed by atoms with E-state index in [2.05, 4.69) is 0 Å². The summed E-state index contributed by atoms with van der Waals surface area (Å²) in [6.45, 7) is 1.75. The van der Waals surface area contributed by atoms with E-state index in [-0.39, 0.29) is 11.7 Å². The van der Waals surface area contributed by atoms with Crippen LogP contribution < -0.4 is 5.73 Å². The van der Waals surface area contributed by atoms with Gasteiger partial charge in [-0.05, 0) is 24.1 Å². The van der Waals surface area contributed by atoms with Crippen LogP contribution in [-0.4, -0.2) is 6.29 Å². The molecule has 0 aliphatic rings. The van der Waals surface area contributed by atoms with Crippen molar-refractivity contribution in [2.45, 2.75) is 13.3 Å². The lowest BCUT2D eigenvalue weighted by molar-refractivity contribution is -0.110. The lowest BCUT2D eigenvalue weighted by Crippen LogP contribution is -2.03. The van der Waals surface area contributed by atoms with Crippen molar-refractivity contribution in [3.8, 4) is 0 Å². The summed E-state index contributed by atoms with van der Waals surface area (Å²) in [4.78, 5) is 10.3. The van der Waals surface area contributed by atoms with Crippen LogP contribution in [0.25, 0.3) is 0 Å². The fourth-order valence-electron chi connectivity index (χ4n) is 1.12. The summed E-state index contributed by atoms with van der Waals surface area (Å²) in [5.41, 5.74) is 6.32. The van der Waals surface area contributed by atoms with Gasteiger partial charge >= 0.3 is 0 Å². The Morgan fingerprint density at radius 2 is 2.31 bits per heavy atom. The highest BCUT2D eigenvalue weighted by Gasteiger charge is 2.06. The van der Waals surface area contributed by atoms with E-state index >= 15 is 0 Å². The van der Waals surface area contributed by atoms with Gasteiger partial charge in [-0.15, -0.1) is 0 Å². The molecule has 2 nitrogen and oxygen atoms in total. The van der Waals surface area contributed by atoms with Gasteiger partial charge in [0.2, 0.25) is 0 Å². The van der Waals surface area contributed by atoms with Crippen LogP contribution in [0.4, 0.5) is 10.1 Å². The number of aldehydes is 1. The smallest absolute Gasteiger partial charge is 0.128 e. The fraction of sp³-hybridized carbons (Fsp3) is 0.300. The zero-order chi connectivity index (χ0) is 9.84. The first-order valence-electron chi connectivity index (χ1n) is 4.12. The normalized spacial score (nSPS) is 12.5. The van der Waals surface area contributed by atoms with E-state index in [9.17, 15) is 9.18 Å². The third kappa shape index (κ3) is 2.54. The molecule has 1 aromatic rings. The summed E-state index contributed by atoms with van der Waals surface area (Å²) in [6.07, 6.45) is 1.24. The second kappa shape index (κ2) is 4.03. The summed E-state index contributed by atoms with van der Waals surface area (Å²) in [6, 6.07) is 4.52. The van der Waals surface area contributed by atoms with Crippen molar-refractivity contribution in [3.05, 3.63) is 29.6 Å². The summed E-state index contributed by atoms with van der Waals surface area (Å²) in [7, 11) is 0. The number of halogens is 1. The molecule has 1 rings (SSSR count). The number of carbonyl (C=O) groups is 1. The Balaban J connectivity index is 2.83. The highest BCUT2D eigenvalue weighted by atomic mass is 19.1. The van der Waals surface area contributed by atoms with Gasteiger partial charge in [-0.2, -0.15) is 0 Å². The molecule has 1 unspecified atom stereocenters. The molecular weight excluding hydrogens is 169 g/mol. The molecular formula is C10H12FNO. The fourth-order valence-corrected chi connectivity index (χ4v) is 1.12. The van der Waals surface area contributed by atoms with Crippen LogP contribution in [0.15, 0.2) is 18.2 Å². The average Bonchev–Trinajstić information content (AvgIpc) is 2.09. The van der Waals surface area contributed by atoms with Gasteiger partial charge in [-0.3, -0.25) is 0 Å². The lowest BCUT2D eigenvalue weighted by atomic mass is 10.0. The molecule has 0 saturated carbocycles. The van der Waals surface area contributed by atoms with E-state index in [4.69, 9.17) is 5.73 Å². The average molecular weight is 181 g/mol. The highest BCUT2D eigenvalue weighted by Crippen LogP contribution is 2.14. The molecule has 2 N–H and O–H groups in total. The SMILES string of the molecule is CC(C=O)Cc1ccc(N)cc1F. The lowest BCUT2D eigenvalue weighted by Gasteiger charge is -2.05. The largest absolute Gasteiger partial charge is 0.399 e. The Hall–Kier alpha value is -1.38. The number of hydrogen-bond donors (Lipinski definition) is 1. The van der Waals surface area contributed by atoms with Crippen LogP contribution in [0, 0.1) is 11.7 Å². The Morgan fingerprint density at radius 1 is 1.62 bits per heavy atom. The van der Waals surface area contributed by atoms with E-state index < -0.39 is 0 Å². The van der Waals surface area contributed by atoms with Crippen LogP contribution in [0.3, 0.4) is 0 Å². The molecule has 0 aliphatic heterocycles. The van der Waals surface area contributed by atoms with Gasteiger partial charge in [-0.25, -0.2) is 4.39 Å². The molecule has 0 aliphatic carbocycles. The van der Waals surface area contributed by atoms with Crippen molar-refractivity contribution in [2.75, 3.05) is 5.73 Å². The van der Waals surface area contributed by atoms with E-state index in [1.165, 1.54) is 6.07 Å². The van der Waals surface area contributed by atoms with Gasteiger partial charge in [0.25, 0.3) is 0 Å². The monoisotopic (exact) mass is 181 g/mol. The third-order valence-corrected chi connectivity index (χ3v) is 1.85. The first-order chi connectivity index (χ1) is 6.13. The number of benzene rings is 1. The molecule has 1 aromatic carbocycles. The molecule has 0 fully saturated rings. The number of nitrogens with two attached hydrogens (primary N) is 1. The Labute approximate surface area is 76.6 Å². The second-order valence-electron chi connectivity index (χ2n) is 3.17. The maximum absolute atomic E-state index is 13.2. The summed E-state index contributed by atoms with van der Waals surface area (Å²) in [5.74, 6) is -0.494. The van der Waals surface area contributed by atoms with Crippen molar-refractivity contribution in [2.24, 2.45) is 5.92 Å². The number of hydrogen-bond acceptors (Lipinski definition) is 2. The zero-order valence-corrected chi connectivity index (χ0v) is 7.46. The van der Waals surface area contributed by atoms with E-state index in [0.717, 1.165) is 6.29 Å². The van der Waals surface area contributed by atoms with Gasteiger partial charge in [-0.1, -0.05) is 13.0 Å². The van der Waals surface area contributed by atoms with Crippen molar-refractivity contribution in [3.63, 3.8) is 0 Å². The standard InChI is InChI=1S/C10H12FNO/c1-7(6-13)4-8-2-3-9(12)5-10(8)11/h2-3,5-7H,4,12H2,1H3. The van der Waals surface area contributed by atoms with Gasteiger partial charge in [0.05, 0.1) is 0 Å². The zero-order valence-electron chi connectivity index (χ0n) is 7.46. The molecule has 0 aromatic heterocycles. The van der Waals surface area contributed by atoms with Gasteiger partial charge < -0.3 is 10.5 Å². The predicted octanol–water partition coefficient (Wildman–Crippen LogP) is 1.79. The van der Waals surface area contributed by atoms with Crippen LogP contribution in [0.1, 0.15) is 12.5 Å². The van der Waals surface area contributed by atoms with Crippen LogP contribution in [-0.2, 0) is 11.2 Å². The molecule has 1 atom stereocenters. The molecule has 3 heteroatoms. The number of rotatable bonds is 3. The predicted molar refractivity (Wildman–Crippen MR) is 49.7 cm³/mol. The van der Waals surface area contributed by atoms with Gasteiger partial charge in [0, 0.05) is 11.6 Å². The van der Waals surface area contributed by atoms with Gasteiger partial charge in [0.1, 0.15) is 12.1 Å². The molecule has 0 spiro atoms. The van der Waals surface area contributed by atoms with Crippen LogP contribution in [0.2, 0.25) is 0 Å². The molecule has 13 heavy (non-hydrogen) atoms. The minimum atomic E-state index is -0.339. The molecule has 0 saturated heterocycles. The third-order valence-electron chi connectivity index (χ3n) is 1.85. The molecule has 0 radical (unpaired) electrons. The number of nitrogen functional groups attached to an aromatic ring is 1. The van der Waals surface area contributed by atoms with E-state index in [0.29, 0.717) is 17.7 Å². The highest BCUT2D eigenvalue weighted by molar-refractivity contribution is 5.54. The van der Waals surface area contributed by atoms with Crippen molar-refractivity contribution in [1.29, 1.82) is 0 Å². The van der Waals surface area contributed by atoms with Crippen molar-refractivity contribution >= 4 is 12.0 Å². The molecule has 0 heterocycles. The molecule has 0 bridgehead atoms. The maximum Gasteiger partial charge on any atom is 0.128 e. The van der Waals surface area contributed by atoms with Gasteiger partial charge in [0.15, 0.2) is 0 Å². The Bertz CT molecular complexity index is 312. The topological polar surface area (TPSA) is 43.1 Å². The van der Waals surface area contributed by atoms with E-state index in [1.54, 1.807) is 19.1 Å². The summed E-state index contributed by atoms with van der Waals surface area (Å²) in [5, 5.41) is 0. The summed E-state index contributed by atoms with van der Waals surface area (Å²) < 4.78 is 13.2. The second-order valence-corrected chi connectivity index (χ2v) is 3.17. The molecule has 0 amide bonds. The van der Waals surface area contributed by atoms with E-state index in [1.807, 2.05) is 0 Å². The maximum atomic E-state index is 13.2. The van der Waals surface area contributed by atoms with Crippen molar-refractivity contribution < 1.29 is 9.18 Å². The molecule has 70 valence electrons. The summed E-state index contributed by atoms with van der Waals surface area (Å²) >= 11 is 0. The Morgan fingerprint density at radius 3 is 2.85 bits per heavy atom. The van der Waals surface area contributed by atoms with Crippen LogP contribution in [0.5, 0.6) is 0 Å². The number of anilines is 1. The quantitative estimate of drug-likeness (QED) is 0.570.